The highest BCUT2D eigenvalue weighted by atomic mass is 35.5. The van der Waals surface area contributed by atoms with Gasteiger partial charge in [0.2, 0.25) is 0 Å². The number of nitrogens with two attached hydrogens (primary N) is 1. The minimum absolute atomic E-state index is 0.0576. The van der Waals surface area contributed by atoms with Crippen molar-refractivity contribution >= 4 is 39.9 Å². The van der Waals surface area contributed by atoms with Gasteiger partial charge in [-0.05, 0) is 67.4 Å². The predicted molar refractivity (Wildman–Crippen MR) is 146 cm³/mol. The first-order chi connectivity index (χ1) is 19.0. The van der Waals surface area contributed by atoms with E-state index in [4.69, 9.17) is 31.5 Å². The quantitative estimate of drug-likeness (QED) is 0.206. The molecule has 8 nitrogen and oxygen atoms in total. The van der Waals surface area contributed by atoms with Gasteiger partial charge in [0.15, 0.2) is 11.5 Å². The monoisotopic (exact) mass is 572 g/mol. The summed E-state index contributed by atoms with van der Waals surface area (Å²) in [6, 6.07) is 14.1. The Morgan fingerprint density at radius 3 is 2.38 bits per heavy atom. The van der Waals surface area contributed by atoms with Crippen LogP contribution in [0.3, 0.4) is 0 Å². The summed E-state index contributed by atoms with van der Waals surface area (Å²) in [5, 5.41) is 5.17. The van der Waals surface area contributed by atoms with Gasteiger partial charge < -0.3 is 30.6 Å². The molecule has 1 heterocycles. The van der Waals surface area contributed by atoms with Crippen LogP contribution in [0.2, 0.25) is 5.02 Å². The maximum Gasteiger partial charge on any atom is 0.417 e. The fraction of sp³-hybridized carbons (Fsp3) is 0.214. The number of hydrogen-bond acceptors (Lipinski definition) is 6. The van der Waals surface area contributed by atoms with Gasteiger partial charge in [0.1, 0.15) is 18.1 Å². The van der Waals surface area contributed by atoms with E-state index in [1.54, 1.807) is 55.8 Å². The summed E-state index contributed by atoms with van der Waals surface area (Å²) in [7, 11) is 1.55. The number of rotatable bonds is 8. The van der Waals surface area contributed by atoms with Gasteiger partial charge in [0.05, 0.1) is 28.8 Å². The molecule has 208 valence electrons. The number of ether oxygens (including phenoxy) is 3. The number of carbonyl (C=O) groups excluding carboxylic acids is 1. The number of hydrogen-bond donors (Lipinski definition) is 3. The first kappa shape index (κ1) is 27.4. The molecule has 1 aromatic heterocycles. The van der Waals surface area contributed by atoms with Crippen LogP contribution < -0.4 is 30.6 Å². The second kappa shape index (κ2) is 10.7. The second-order valence-electron chi connectivity index (χ2n) is 9.38. The summed E-state index contributed by atoms with van der Waals surface area (Å²) in [6.45, 7) is 0.387. The van der Waals surface area contributed by atoms with Gasteiger partial charge in [-0.2, -0.15) is 13.2 Å². The zero-order valence-electron chi connectivity index (χ0n) is 21.1. The maximum absolute atomic E-state index is 13.1. The molecule has 5 rings (SSSR count). The number of fused-ring (bicyclic) bond motifs is 1. The molecule has 0 saturated heterocycles. The molecular formula is C28H24ClF3N4O4. The summed E-state index contributed by atoms with van der Waals surface area (Å²) >= 11 is 5.62. The molecule has 1 fully saturated rings. The van der Waals surface area contributed by atoms with Gasteiger partial charge >= 0.3 is 12.2 Å². The molecule has 1 aliphatic carbocycles. The van der Waals surface area contributed by atoms with Crippen LogP contribution in [0.5, 0.6) is 23.0 Å². The standard InChI is InChI=1S/C28H24ClF3N4O4/c1-38-24-13-19-22(14-25(24)39-15-27(33)9-10-27)34-11-8-23(19)40-18-5-2-16(3-6-18)35-26(37)36-17-4-7-21(29)20(12-17)28(30,31)32/h2-8,11-14H,9-10,15,33H2,1H3,(H2,35,36,37). The van der Waals surface area contributed by atoms with E-state index in [-0.39, 0.29) is 11.2 Å². The van der Waals surface area contributed by atoms with Crippen LogP contribution in [0, 0.1) is 0 Å². The SMILES string of the molecule is COc1cc2c(Oc3ccc(NC(=O)Nc4ccc(Cl)c(C(F)(F)F)c4)cc3)ccnc2cc1OCC1(N)CC1. The Morgan fingerprint density at radius 1 is 1.00 bits per heavy atom. The lowest BCUT2D eigenvalue weighted by atomic mass is 10.1. The Morgan fingerprint density at radius 2 is 1.70 bits per heavy atom. The summed E-state index contributed by atoms with van der Waals surface area (Å²) in [5.41, 5.74) is 5.79. The van der Waals surface area contributed by atoms with Crippen LogP contribution >= 0.6 is 11.6 Å². The number of halogens is 4. The summed E-state index contributed by atoms with van der Waals surface area (Å²) in [5.74, 6) is 2.06. The first-order valence-corrected chi connectivity index (χ1v) is 12.5. The zero-order valence-corrected chi connectivity index (χ0v) is 21.9. The molecule has 40 heavy (non-hydrogen) atoms. The highest BCUT2D eigenvalue weighted by Crippen LogP contribution is 2.39. The second-order valence-corrected chi connectivity index (χ2v) is 9.79. The fourth-order valence-electron chi connectivity index (χ4n) is 3.86. The Labute approximate surface area is 232 Å². The maximum atomic E-state index is 13.1. The average molecular weight is 573 g/mol. The number of methoxy groups -OCH3 is 1. The molecule has 1 saturated carbocycles. The number of carbonyl (C=O) groups is 1. The summed E-state index contributed by atoms with van der Waals surface area (Å²) < 4.78 is 56.7. The minimum atomic E-state index is -4.65. The van der Waals surface area contributed by atoms with E-state index in [2.05, 4.69) is 15.6 Å². The molecule has 4 N–H and O–H groups in total. The van der Waals surface area contributed by atoms with E-state index in [1.165, 1.54) is 6.07 Å². The number of anilines is 2. The van der Waals surface area contributed by atoms with Crippen LogP contribution in [0.1, 0.15) is 18.4 Å². The fourth-order valence-corrected chi connectivity index (χ4v) is 4.09. The number of amides is 2. The van der Waals surface area contributed by atoms with Crippen molar-refractivity contribution in [3.8, 4) is 23.0 Å². The van der Waals surface area contributed by atoms with Crippen LogP contribution in [0.15, 0.2) is 66.9 Å². The molecular weight excluding hydrogens is 549 g/mol. The van der Waals surface area contributed by atoms with Gasteiger partial charge in [-0.3, -0.25) is 4.98 Å². The Kier molecular flexibility index (Phi) is 7.35. The number of urea groups is 1. The Hall–Kier alpha value is -4.22. The summed E-state index contributed by atoms with van der Waals surface area (Å²) in [4.78, 5) is 16.8. The minimum Gasteiger partial charge on any atom is -0.493 e. The van der Waals surface area contributed by atoms with E-state index < -0.39 is 22.8 Å². The van der Waals surface area contributed by atoms with Crippen LogP contribution in [-0.4, -0.2) is 30.3 Å². The Bertz CT molecular complexity index is 1560. The zero-order chi connectivity index (χ0) is 28.5. The number of nitrogens with one attached hydrogen (secondary N) is 2. The number of alkyl halides is 3. The number of nitrogens with zero attached hydrogens (tertiary/aromatic N) is 1. The molecule has 0 spiro atoms. The first-order valence-electron chi connectivity index (χ1n) is 12.1. The van der Waals surface area contributed by atoms with E-state index in [0.717, 1.165) is 25.0 Å². The van der Waals surface area contributed by atoms with Crippen molar-refractivity contribution in [3.05, 3.63) is 77.4 Å². The topological polar surface area (TPSA) is 108 Å². The third-order valence-corrected chi connectivity index (χ3v) is 6.59. The molecule has 12 heteroatoms. The highest BCUT2D eigenvalue weighted by molar-refractivity contribution is 6.31. The lowest BCUT2D eigenvalue weighted by Gasteiger charge is -2.16. The Balaban J connectivity index is 1.26. The highest BCUT2D eigenvalue weighted by Gasteiger charge is 2.39. The largest absolute Gasteiger partial charge is 0.493 e. The predicted octanol–water partition coefficient (Wildman–Crippen LogP) is 7.22. The van der Waals surface area contributed by atoms with Crippen molar-refractivity contribution in [2.24, 2.45) is 5.73 Å². The number of pyridine rings is 1. The third kappa shape index (κ3) is 6.32. The molecule has 0 bridgehead atoms. The van der Waals surface area contributed by atoms with Crippen molar-refractivity contribution in [3.63, 3.8) is 0 Å². The molecule has 1 aliphatic rings. The summed E-state index contributed by atoms with van der Waals surface area (Å²) in [6.07, 6.45) is -1.20. The smallest absolute Gasteiger partial charge is 0.417 e. The average Bonchev–Trinajstić information content (AvgIpc) is 3.66. The van der Waals surface area contributed by atoms with Crippen molar-refractivity contribution in [2.45, 2.75) is 24.6 Å². The molecule has 0 aliphatic heterocycles. The van der Waals surface area contributed by atoms with Crippen LogP contribution in [0.25, 0.3) is 10.9 Å². The normalized spacial score (nSPS) is 13.9. The van der Waals surface area contributed by atoms with Gasteiger partial charge in [-0.1, -0.05) is 11.6 Å². The molecule has 3 aromatic carbocycles. The van der Waals surface area contributed by atoms with E-state index in [0.29, 0.717) is 46.2 Å². The lowest BCUT2D eigenvalue weighted by Crippen LogP contribution is -2.29. The van der Waals surface area contributed by atoms with Crippen molar-refractivity contribution in [1.29, 1.82) is 0 Å². The van der Waals surface area contributed by atoms with Gasteiger partial charge in [-0.15, -0.1) is 0 Å². The van der Waals surface area contributed by atoms with Crippen LogP contribution in [0.4, 0.5) is 29.3 Å². The van der Waals surface area contributed by atoms with Gasteiger partial charge in [-0.25, -0.2) is 4.79 Å². The molecule has 0 atom stereocenters. The van der Waals surface area contributed by atoms with E-state index in [9.17, 15) is 18.0 Å². The van der Waals surface area contributed by atoms with Crippen LogP contribution in [-0.2, 0) is 6.18 Å². The van der Waals surface area contributed by atoms with E-state index in [1.807, 2.05) is 0 Å². The molecule has 0 unspecified atom stereocenters. The van der Waals surface area contributed by atoms with Gasteiger partial charge in [0.25, 0.3) is 0 Å². The van der Waals surface area contributed by atoms with Gasteiger partial charge in [0, 0.05) is 29.0 Å². The van der Waals surface area contributed by atoms with Crippen molar-refractivity contribution in [1.82, 2.24) is 4.98 Å². The van der Waals surface area contributed by atoms with Crippen molar-refractivity contribution < 1.29 is 32.2 Å². The molecule has 4 aromatic rings. The third-order valence-electron chi connectivity index (χ3n) is 6.26. The lowest BCUT2D eigenvalue weighted by molar-refractivity contribution is -0.137. The van der Waals surface area contributed by atoms with Crippen molar-refractivity contribution in [2.75, 3.05) is 24.4 Å². The molecule has 2 amide bonds. The number of aromatic nitrogens is 1. The number of benzene rings is 3. The van der Waals surface area contributed by atoms with E-state index >= 15 is 0 Å². The molecule has 0 radical (unpaired) electrons.